The number of fused-ring (bicyclic) bond motifs is 1. The molecule has 1 aromatic rings. The van der Waals surface area contributed by atoms with Gasteiger partial charge in [-0.1, -0.05) is 15.9 Å². The van der Waals surface area contributed by atoms with E-state index in [0.717, 1.165) is 22.2 Å². The molecule has 0 aliphatic carbocycles. The SMILES string of the molecule is COc1cc(Br)cc2c1CCN(C(=O)OC(C)(C)C)C2. The largest absolute Gasteiger partial charge is 0.496 e. The summed E-state index contributed by atoms with van der Waals surface area (Å²) < 4.78 is 11.8. The van der Waals surface area contributed by atoms with E-state index in [1.807, 2.05) is 32.9 Å². The summed E-state index contributed by atoms with van der Waals surface area (Å²) in [7, 11) is 1.67. The third-order valence-corrected chi connectivity index (χ3v) is 3.59. The summed E-state index contributed by atoms with van der Waals surface area (Å²) in [6.07, 6.45) is 0.521. The monoisotopic (exact) mass is 341 g/mol. The first-order chi connectivity index (χ1) is 9.30. The highest BCUT2D eigenvalue weighted by Crippen LogP contribution is 2.32. The molecular weight excluding hydrogens is 322 g/mol. The van der Waals surface area contributed by atoms with Crippen molar-refractivity contribution in [3.8, 4) is 5.75 Å². The number of amides is 1. The zero-order valence-electron chi connectivity index (χ0n) is 12.3. The van der Waals surface area contributed by atoms with Gasteiger partial charge in [-0.25, -0.2) is 4.79 Å². The van der Waals surface area contributed by atoms with E-state index in [4.69, 9.17) is 9.47 Å². The topological polar surface area (TPSA) is 38.8 Å². The number of nitrogens with zero attached hydrogens (tertiary/aromatic N) is 1. The maximum absolute atomic E-state index is 12.1. The Kier molecular flexibility index (Phi) is 4.28. The molecule has 0 spiro atoms. The minimum atomic E-state index is -0.466. The number of hydrogen-bond acceptors (Lipinski definition) is 3. The Morgan fingerprint density at radius 2 is 2.05 bits per heavy atom. The van der Waals surface area contributed by atoms with Gasteiger partial charge in [0.2, 0.25) is 0 Å². The van der Waals surface area contributed by atoms with Crippen LogP contribution in [0.3, 0.4) is 0 Å². The number of carbonyl (C=O) groups is 1. The zero-order valence-corrected chi connectivity index (χ0v) is 13.9. The molecule has 20 heavy (non-hydrogen) atoms. The summed E-state index contributed by atoms with van der Waals surface area (Å²) in [4.78, 5) is 13.9. The van der Waals surface area contributed by atoms with Crippen LogP contribution in [-0.2, 0) is 17.7 Å². The summed E-state index contributed by atoms with van der Waals surface area (Å²) >= 11 is 3.47. The van der Waals surface area contributed by atoms with Crippen LogP contribution in [0.25, 0.3) is 0 Å². The van der Waals surface area contributed by atoms with Gasteiger partial charge in [0, 0.05) is 23.1 Å². The average molecular weight is 342 g/mol. The van der Waals surface area contributed by atoms with Crippen molar-refractivity contribution in [2.24, 2.45) is 0 Å². The maximum atomic E-state index is 12.1. The van der Waals surface area contributed by atoms with Crippen LogP contribution in [0.1, 0.15) is 31.9 Å². The molecule has 0 aromatic heterocycles. The summed E-state index contributed by atoms with van der Waals surface area (Å²) in [6, 6.07) is 4.00. The summed E-state index contributed by atoms with van der Waals surface area (Å²) in [5, 5.41) is 0. The van der Waals surface area contributed by atoms with Gasteiger partial charge in [-0.3, -0.25) is 0 Å². The van der Waals surface area contributed by atoms with Gasteiger partial charge in [0.15, 0.2) is 0 Å². The molecule has 1 amide bonds. The van der Waals surface area contributed by atoms with Crippen molar-refractivity contribution in [3.05, 3.63) is 27.7 Å². The molecule has 5 heteroatoms. The normalized spacial score (nSPS) is 14.8. The van der Waals surface area contributed by atoms with E-state index in [-0.39, 0.29) is 6.09 Å². The second kappa shape index (κ2) is 5.64. The predicted octanol–water partition coefficient (Wildman–Crippen LogP) is 3.75. The van der Waals surface area contributed by atoms with Gasteiger partial charge in [-0.15, -0.1) is 0 Å². The van der Waals surface area contributed by atoms with Crippen molar-refractivity contribution >= 4 is 22.0 Å². The lowest BCUT2D eigenvalue weighted by molar-refractivity contribution is 0.0223. The van der Waals surface area contributed by atoms with Crippen molar-refractivity contribution in [2.45, 2.75) is 39.3 Å². The molecule has 0 fully saturated rings. The standard InChI is InChI=1S/C15H20BrNO3/c1-15(2,3)20-14(18)17-6-5-12-10(9-17)7-11(16)8-13(12)19-4/h7-8H,5-6,9H2,1-4H3. The van der Waals surface area contributed by atoms with E-state index < -0.39 is 5.60 Å². The van der Waals surface area contributed by atoms with Crippen molar-refractivity contribution in [1.29, 1.82) is 0 Å². The van der Waals surface area contributed by atoms with Crippen LogP contribution < -0.4 is 4.74 Å². The Morgan fingerprint density at radius 1 is 1.35 bits per heavy atom. The molecule has 110 valence electrons. The van der Waals surface area contributed by atoms with E-state index in [2.05, 4.69) is 15.9 Å². The number of carbonyl (C=O) groups excluding carboxylic acids is 1. The van der Waals surface area contributed by atoms with Crippen molar-refractivity contribution in [2.75, 3.05) is 13.7 Å². The van der Waals surface area contributed by atoms with Gasteiger partial charge < -0.3 is 14.4 Å². The molecule has 4 nitrogen and oxygen atoms in total. The number of halogens is 1. The van der Waals surface area contributed by atoms with Crippen LogP contribution in [-0.4, -0.2) is 30.2 Å². The lowest BCUT2D eigenvalue weighted by atomic mass is 9.99. The average Bonchev–Trinajstić information content (AvgIpc) is 2.34. The van der Waals surface area contributed by atoms with Gasteiger partial charge in [0.05, 0.1) is 7.11 Å². The maximum Gasteiger partial charge on any atom is 0.410 e. The predicted molar refractivity (Wildman–Crippen MR) is 81.0 cm³/mol. The molecule has 2 rings (SSSR count). The Morgan fingerprint density at radius 3 is 2.65 bits per heavy atom. The quantitative estimate of drug-likeness (QED) is 0.780. The summed E-state index contributed by atoms with van der Waals surface area (Å²) in [6.45, 7) is 6.84. The molecule has 1 heterocycles. The van der Waals surface area contributed by atoms with Gasteiger partial charge in [0.25, 0.3) is 0 Å². The van der Waals surface area contributed by atoms with E-state index in [0.29, 0.717) is 13.1 Å². The number of benzene rings is 1. The van der Waals surface area contributed by atoms with Gasteiger partial charge in [-0.2, -0.15) is 0 Å². The second-order valence-electron chi connectivity index (χ2n) is 5.90. The second-order valence-corrected chi connectivity index (χ2v) is 6.81. The number of rotatable bonds is 1. The fourth-order valence-electron chi connectivity index (χ4n) is 2.29. The zero-order chi connectivity index (χ0) is 14.9. The first kappa shape index (κ1) is 15.2. The lowest BCUT2D eigenvalue weighted by Gasteiger charge is -2.32. The Hall–Kier alpha value is -1.23. The van der Waals surface area contributed by atoms with Gasteiger partial charge >= 0.3 is 6.09 Å². The highest BCUT2D eigenvalue weighted by molar-refractivity contribution is 9.10. The summed E-state index contributed by atoms with van der Waals surface area (Å²) in [5.41, 5.74) is 1.82. The molecule has 0 radical (unpaired) electrons. The van der Waals surface area contributed by atoms with Crippen LogP contribution >= 0.6 is 15.9 Å². The first-order valence-electron chi connectivity index (χ1n) is 6.63. The highest BCUT2D eigenvalue weighted by atomic mass is 79.9. The molecule has 0 saturated carbocycles. The third-order valence-electron chi connectivity index (χ3n) is 3.13. The van der Waals surface area contributed by atoms with Crippen molar-refractivity contribution < 1.29 is 14.3 Å². The highest BCUT2D eigenvalue weighted by Gasteiger charge is 2.27. The molecule has 1 aliphatic heterocycles. The number of hydrogen-bond donors (Lipinski definition) is 0. The van der Waals surface area contributed by atoms with E-state index in [1.54, 1.807) is 12.0 Å². The van der Waals surface area contributed by atoms with Crippen LogP contribution in [0.15, 0.2) is 16.6 Å². The molecule has 1 aromatic carbocycles. The van der Waals surface area contributed by atoms with Gasteiger partial charge in [0.1, 0.15) is 11.4 Å². The Balaban J connectivity index is 2.19. The Labute approximate surface area is 128 Å². The molecular formula is C15H20BrNO3. The van der Waals surface area contributed by atoms with Gasteiger partial charge in [-0.05, 0) is 44.9 Å². The van der Waals surface area contributed by atoms with Crippen molar-refractivity contribution in [3.63, 3.8) is 0 Å². The van der Waals surface area contributed by atoms with Crippen LogP contribution in [0.4, 0.5) is 4.79 Å². The fraction of sp³-hybridized carbons (Fsp3) is 0.533. The first-order valence-corrected chi connectivity index (χ1v) is 7.42. The lowest BCUT2D eigenvalue weighted by Crippen LogP contribution is -2.40. The van der Waals surface area contributed by atoms with E-state index in [9.17, 15) is 4.79 Å². The molecule has 0 atom stereocenters. The van der Waals surface area contributed by atoms with E-state index in [1.165, 1.54) is 5.56 Å². The van der Waals surface area contributed by atoms with Crippen LogP contribution in [0, 0.1) is 0 Å². The Bertz CT molecular complexity index is 523. The molecule has 0 saturated heterocycles. The number of methoxy groups -OCH3 is 1. The molecule has 1 aliphatic rings. The van der Waals surface area contributed by atoms with Crippen LogP contribution in [0.2, 0.25) is 0 Å². The number of ether oxygens (including phenoxy) is 2. The third kappa shape index (κ3) is 3.45. The van der Waals surface area contributed by atoms with Crippen LogP contribution in [0.5, 0.6) is 5.75 Å². The fourth-order valence-corrected chi connectivity index (χ4v) is 2.77. The minimum Gasteiger partial charge on any atom is -0.496 e. The van der Waals surface area contributed by atoms with Crippen molar-refractivity contribution in [1.82, 2.24) is 4.90 Å². The smallest absolute Gasteiger partial charge is 0.410 e. The molecule has 0 unspecified atom stereocenters. The molecule has 0 bridgehead atoms. The minimum absolute atomic E-state index is 0.262. The van der Waals surface area contributed by atoms with E-state index >= 15 is 0 Å². The summed E-state index contributed by atoms with van der Waals surface area (Å²) in [5.74, 6) is 0.873. The molecule has 0 N–H and O–H groups in total.